The van der Waals surface area contributed by atoms with Gasteiger partial charge < -0.3 is 9.88 Å². The fourth-order valence-corrected chi connectivity index (χ4v) is 6.64. The van der Waals surface area contributed by atoms with Gasteiger partial charge in [-0.15, -0.1) is 10.2 Å². The van der Waals surface area contributed by atoms with E-state index in [1.807, 2.05) is 6.92 Å². The summed E-state index contributed by atoms with van der Waals surface area (Å²) in [5.74, 6) is -1.58. The van der Waals surface area contributed by atoms with Gasteiger partial charge in [-0.25, -0.2) is 8.78 Å². The second-order valence-corrected chi connectivity index (χ2v) is 11.4. The number of carbonyl (C=O) groups excluding carboxylic acids is 1. The van der Waals surface area contributed by atoms with E-state index in [1.54, 1.807) is 0 Å². The summed E-state index contributed by atoms with van der Waals surface area (Å²) in [5, 5.41) is 11.7. The summed E-state index contributed by atoms with van der Waals surface area (Å²) in [6.45, 7) is 6.82. The Morgan fingerprint density at radius 2 is 1.73 bits per heavy atom. The number of amides is 1. The smallest absolute Gasteiger partial charge is 0.248 e. The Morgan fingerprint density at radius 3 is 2.35 bits per heavy atom. The third-order valence-corrected chi connectivity index (χ3v) is 8.58. The van der Waals surface area contributed by atoms with Crippen molar-refractivity contribution in [2.75, 3.05) is 6.54 Å². The van der Waals surface area contributed by atoms with Gasteiger partial charge in [-0.2, -0.15) is 0 Å². The Kier molecular flexibility index (Phi) is 6.01. The summed E-state index contributed by atoms with van der Waals surface area (Å²) in [7, 11) is 0. The van der Waals surface area contributed by atoms with E-state index < -0.39 is 41.9 Å². The first-order valence-corrected chi connectivity index (χ1v) is 13.7. The number of halogens is 2. The van der Waals surface area contributed by atoms with Crippen LogP contribution >= 0.6 is 0 Å². The molecule has 8 heteroatoms. The van der Waals surface area contributed by atoms with Gasteiger partial charge in [0.15, 0.2) is 0 Å². The molecule has 2 saturated heterocycles. The van der Waals surface area contributed by atoms with Crippen molar-refractivity contribution in [1.82, 2.24) is 25.0 Å². The number of carbonyl (C=O) groups is 1. The molecule has 1 saturated carbocycles. The standard InChI is InChI=1S/C29H41F2N5O/c1-19(2)27-34-33-20(3)36(27)25-17-23-9-10-24(18-25)35(23)16-13-26(21-7-5-4-6-8-21)32-28(37)22-11-14-29(30,31)15-12-22/h4-8,19,22-26H,9-18H2,1-3H3,(H,32,37)/i4D,5D,6D,7D,8D. The van der Waals surface area contributed by atoms with Crippen molar-refractivity contribution in [2.45, 2.75) is 115 Å². The molecule has 1 aromatic heterocycles. The average Bonchev–Trinajstić information content (AvgIpc) is 3.44. The number of rotatable bonds is 8. The lowest BCUT2D eigenvalue weighted by molar-refractivity contribution is -0.130. The first-order valence-electron chi connectivity index (χ1n) is 16.2. The highest BCUT2D eigenvalue weighted by atomic mass is 19.3. The van der Waals surface area contributed by atoms with Crippen LogP contribution in [0.3, 0.4) is 0 Å². The monoisotopic (exact) mass is 518 g/mol. The minimum Gasteiger partial charge on any atom is -0.349 e. The van der Waals surface area contributed by atoms with Crippen LogP contribution < -0.4 is 5.32 Å². The van der Waals surface area contributed by atoms with E-state index in [-0.39, 0.29) is 49.2 Å². The van der Waals surface area contributed by atoms with E-state index in [4.69, 9.17) is 6.85 Å². The number of aromatic nitrogens is 3. The number of benzene rings is 1. The van der Waals surface area contributed by atoms with E-state index in [2.05, 4.69) is 38.8 Å². The normalized spacial score (nSPS) is 28.8. The van der Waals surface area contributed by atoms with Gasteiger partial charge in [0.25, 0.3) is 0 Å². The number of nitrogens with zero attached hydrogens (tertiary/aromatic N) is 4. The van der Waals surface area contributed by atoms with Gasteiger partial charge in [-0.3, -0.25) is 9.69 Å². The van der Waals surface area contributed by atoms with E-state index in [0.717, 1.165) is 37.3 Å². The van der Waals surface area contributed by atoms with Gasteiger partial charge >= 0.3 is 0 Å². The Balaban J connectivity index is 1.36. The molecule has 37 heavy (non-hydrogen) atoms. The van der Waals surface area contributed by atoms with Crippen LogP contribution in [0.25, 0.3) is 0 Å². The Morgan fingerprint density at radius 1 is 1.08 bits per heavy atom. The lowest BCUT2D eigenvalue weighted by Crippen LogP contribution is -2.45. The molecule has 2 aliphatic heterocycles. The van der Waals surface area contributed by atoms with Crippen LogP contribution in [0.15, 0.2) is 30.2 Å². The highest BCUT2D eigenvalue weighted by Gasteiger charge is 2.42. The zero-order chi connectivity index (χ0) is 30.5. The predicted octanol–water partition coefficient (Wildman–Crippen LogP) is 5.95. The molecule has 3 unspecified atom stereocenters. The number of piperidine rings is 1. The summed E-state index contributed by atoms with van der Waals surface area (Å²) in [6.07, 6.45) is 3.73. The van der Waals surface area contributed by atoms with Crippen LogP contribution in [0, 0.1) is 12.8 Å². The second-order valence-electron chi connectivity index (χ2n) is 11.4. The molecule has 1 amide bonds. The molecule has 5 rings (SSSR count). The van der Waals surface area contributed by atoms with Crippen molar-refractivity contribution >= 4 is 5.91 Å². The van der Waals surface area contributed by atoms with Gasteiger partial charge in [-0.05, 0) is 57.4 Å². The molecule has 1 aromatic carbocycles. The predicted molar refractivity (Wildman–Crippen MR) is 139 cm³/mol. The summed E-state index contributed by atoms with van der Waals surface area (Å²) < 4.78 is 71.3. The second kappa shape index (κ2) is 10.8. The Hall–Kier alpha value is -2.35. The summed E-state index contributed by atoms with van der Waals surface area (Å²) in [4.78, 5) is 15.7. The van der Waals surface area contributed by atoms with Crippen LogP contribution in [-0.2, 0) is 4.79 Å². The molecule has 3 atom stereocenters. The maximum Gasteiger partial charge on any atom is 0.248 e. The molecule has 1 N–H and O–H groups in total. The third-order valence-electron chi connectivity index (χ3n) is 8.58. The SMILES string of the molecule is [2H]c1c([2H])c([2H])c(C(CCN2C3CCC2CC(n2c(C)nnc2C(C)C)C3)NC(=O)C2CCC(F)(F)CC2)c([2H])c1[2H]. The minimum atomic E-state index is -2.77. The summed E-state index contributed by atoms with van der Waals surface area (Å²) in [6, 6.07) is -1.98. The van der Waals surface area contributed by atoms with Gasteiger partial charge in [-0.1, -0.05) is 44.1 Å². The number of hydrogen-bond donors (Lipinski definition) is 1. The van der Waals surface area contributed by atoms with Gasteiger partial charge in [0, 0.05) is 49.3 Å². The number of hydrogen-bond acceptors (Lipinski definition) is 4. The van der Waals surface area contributed by atoms with Crippen LogP contribution in [0.5, 0.6) is 0 Å². The van der Waals surface area contributed by atoms with E-state index in [0.29, 0.717) is 31.1 Å². The zero-order valence-corrected chi connectivity index (χ0v) is 22.0. The van der Waals surface area contributed by atoms with E-state index >= 15 is 0 Å². The third kappa shape index (κ3) is 5.74. The van der Waals surface area contributed by atoms with Crippen molar-refractivity contribution in [3.8, 4) is 0 Å². The number of fused-ring (bicyclic) bond motifs is 2. The Bertz CT molecular complexity index is 1280. The molecule has 6 nitrogen and oxygen atoms in total. The number of aryl methyl sites for hydroxylation is 1. The zero-order valence-electron chi connectivity index (χ0n) is 27.0. The summed E-state index contributed by atoms with van der Waals surface area (Å²) in [5.41, 5.74) is 0.0550. The first-order chi connectivity index (χ1) is 19.8. The maximum absolute atomic E-state index is 13.8. The largest absolute Gasteiger partial charge is 0.349 e. The van der Waals surface area contributed by atoms with Crippen LogP contribution in [0.1, 0.15) is 114 Å². The van der Waals surface area contributed by atoms with Crippen molar-refractivity contribution < 1.29 is 20.4 Å². The lowest BCUT2D eigenvalue weighted by atomic mass is 9.86. The van der Waals surface area contributed by atoms with E-state index in [9.17, 15) is 13.6 Å². The van der Waals surface area contributed by atoms with Crippen LogP contribution in [-0.4, -0.2) is 50.1 Å². The molecule has 1 aliphatic carbocycles. The lowest BCUT2D eigenvalue weighted by Gasteiger charge is -2.40. The van der Waals surface area contributed by atoms with Crippen molar-refractivity contribution in [1.29, 1.82) is 0 Å². The first kappa shape index (κ1) is 20.6. The summed E-state index contributed by atoms with van der Waals surface area (Å²) >= 11 is 0. The fraction of sp³-hybridized carbons (Fsp3) is 0.690. The van der Waals surface area contributed by atoms with Crippen molar-refractivity contribution in [3.63, 3.8) is 0 Å². The van der Waals surface area contributed by atoms with Crippen molar-refractivity contribution in [2.24, 2.45) is 5.92 Å². The number of alkyl halides is 2. The van der Waals surface area contributed by atoms with Gasteiger partial charge in [0.2, 0.25) is 11.8 Å². The molecule has 0 spiro atoms. The molecule has 3 fully saturated rings. The molecule has 202 valence electrons. The molecule has 3 aliphatic rings. The molecule has 2 bridgehead atoms. The highest BCUT2D eigenvalue weighted by molar-refractivity contribution is 5.79. The molecule has 3 heterocycles. The Labute approximate surface area is 226 Å². The minimum absolute atomic E-state index is 0.0550. The van der Waals surface area contributed by atoms with Gasteiger partial charge in [0.05, 0.1) is 12.9 Å². The molecular formula is C29H41F2N5O. The molecule has 0 radical (unpaired) electrons. The van der Waals surface area contributed by atoms with Crippen LogP contribution in [0.2, 0.25) is 0 Å². The highest BCUT2D eigenvalue weighted by Crippen LogP contribution is 2.42. The van der Waals surface area contributed by atoms with Crippen LogP contribution in [0.4, 0.5) is 8.78 Å². The molecular weight excluding hydrogens is 472 g/mol. The average molecular weight is 519 g/mol. The topological polar surface area (TPSA) is 63.1 Å². The molecule has 2 aromatic rings. The quantitative estimate of drug-likeness (QED) is 0.469. The number of nitrogens with one attached hydrogen (secondary N) is 1. The maximum atomic E-state index is 13.8. The van der Waals surface area contributed by atoms with Gasteiger partial charge in [0.1, 0.15) is 11.6 Å². The van der Waals surface area contributed by atoms with E-state index in [1.165, 1.54) is 0 Å². The van der Waals surface area contributed by atoms with Crippen molar-refractivity contribution in [3.05, 3.63) is 47.4 Å². The fourth-order valence-electron chi connectivity index (χ4n) is 6.64.